The Bertz CT molecular complexity index is 1220. The average Bonchev–Trinajstić information content (AvgIpc) is 2.72. The van der Waals surface area contributed by atoms with Crippen molar-refractivity contribution in [3.8, 4) is 11.5 Å². The van der Waals surface area contributed by atoms with Gasteiger partial charge in [-0.15, -0.1) is 0 Å². The predicted molar refractivity (Wildman–Crippen MR) is 116 cm³/mol. The Kier molecular flexibility index (Phi) is 6.62. The van der Waals surface area contributed by atoms with Crippen LogP contribution in [0.2, 0.25) is 5.02 Å². The summed E-state index contributed by atoms with van der Waals surface area (Å²) in [6.45, 7) is 1.05. The van der Waals surface area contributed by atoms with E-state index in [0.717, 1.165) is 18.7 Å². The number of nitrogens with zero attached hydrogens (tertiary/aromatic N) is 1. The SMILES string of the molecule is CN(C)CCCNC(=O)c1oc2ccc(Cl)cc2c(=O)c1C(=O)c1ccc(O)c(O)c1. The van der Waals surface area contributed by atoms with Gasteiger partial charge in [0.05, 0.1) is 5.39 Å². The van der Waals surface area contributed by atoms with Gasteiger partial charge in [0.15, 0.2) is 11.5 Å². The number of phenolic OH excluding ortho intramolecular Hbond substituents is 2. The molecule has 0 saturated carbocycles. The van der Waals surface area contributed by atoms with Gasteiger partial charge in [-0.2, -0.15) is 0 Å². The van der Waals surface area contributed by atoms with Gasteiger partial charge < -0.3 is 24.8 Å². The summed E-state index contributed by atoms with van der Waals surface area (Å²) in [6.07, 6.45) is 0.654. The van der Waals surface area contributed by atoms with Crippen LogP contribution in [0.3, 0.4) is 0 Å². The number of phenols is 2. The van der Waals surface area contributed by atoms with Gasteiger partial charge in [0.1, 0.15) is 11.1 Å². The summed E-state index contributed by atoms with van der Waals surface area (Å²) in [5, 5.41) is 22.2. The van der Waals surface area contributed by atoms with Crippen molar-refractivity contribution in [1.29, 1.82) is 0 Å². The fourth-order valence-electron chi connectivity index (χ4n) is 3.02. The van der Waals surface area contributed by atoms with Gasteiger partial charge in [0.2, 0.25) is 17.0 Å². The maximum Gasteiger partial charge on any atom is 0.287 e. The van der Waals surface area contributed by atoms with Crippen LogP contribution in [0, 0.1) is 0 Å². The molecule has 0 bridgehead atoms. The number of benzene rings is 2. The molecule has 3 N–H and O–H groups in total. The van der Waals surface area contributed by atoms with Gasteiger partial charge in [-0.1, -0.05) is 11.6 Å². The van der Waals surface area contributed by atoms with Crippen LogP contribution < -0.4 is 10.7 Å². The minimum atomic E-state index is -0.829. The van der Waals surface area contributed by atoms with Crippen molar-refractivity contribution >= 4 is 34.3 Å². The van der Waals surface area contributed by atoms with E-state index < -0.39 is 39.9 Å². The highest BCUT2D eigenvalue weighted by molar-refractivity contribution is 6.31. The van der Waals surface area contributed by atoms with Crippen LogP contribution >= 0.6 is 11.6 Å². The molecule has 1 aromatic heterocycles. The lowest BCUT2D eigenvalue weighted by Gasteiger charge is -2.12. The normalized spacial score (nSPS) is 11.1. The summed E-state index contributed by atoms with van der Waals surface area (Å²) in [4.78, 5) is 41.0. The molecule has 9 heteroatoms. The van der Waals surface area contributed by atoms with Crippen LogP contribution in [0.15, 0.2) is 45.6 Å². The van der Waals surface area contributed by atoms with Crippen molar-refractivity contribution in [1.82, 2.24) is 10.2 Å². The number of hydrogen-bond acceptors (Lipinski definition) is 7. The smallest absolute Gasteiger partial charge is 0.287 e. The third-order valence-electron chi connectivity index (χ3n) is 4.59. The molecule has 0 fully saturated rings. The van der Waals surface area contributed by atoms with E-state index in [1.165, 1.54) is 24.3 Å². The molecule has 0 aliphatic rings. The number of ketones is 1. The second-order valence-electron chi connectivity index (χ2n) is 7.22. The van der Waals surface area contributed by atoms with Crippen molar-refractivity contribution < 1.29 is 24.2 Å². The molecular weight excluding hydrogens is 424 g/mol. The first-order valence-corrected chi connectivity index (χ1v) is 9.83. The largest absolute Gasteiger partial charge is 0.504 e. The van der Waals surface area contributed by atoms with Crippen molar-refractivity contribution in [2.75, 3.05) is 27.2 Å². The summed E-state index contributed by atoms with van der Waals surface area (Å²) in [7, 11) is 3.80. The van der Waals surface area contributed by atoms with Gasteiger partial charge in [0.25, 0.3) is 5.91 Å². The fourth-order valence-corrected chi connectivity index (χ4v) is 3.19. The third-order valence-corrected chi connectivity index (χ3v) is 4.83. The molecule has 162 valence electrons. The van der Waals surface area contributed by atoms with Crippen LogP contribution in [0.4, 0.5) is 0 Å². The summed E-state index contributed by atoms with van der Waals surface area (Å²) < 4.78 is 5.65. The standard InChI is InChI=1S/C22H21ClN2O6/c1-25(2)9-3-8-24-22(30)21-18(19(28)12-4-6-15(26)16(27)10-12)20(29)14-11-13(23)5-7-17(14)31-21/h4-7,10-11,26-27H,3,8-9H2,1-2H3,(H,24,30). The zero-order valence-electron chi connectivity index (χ0n) is 16.9. The van der Waals surface area contributed by atoms with Crippen LogP contribution in [-0.2, 0) is 0 Å². The first-order valence-electron chi connectivity index (χ1n) is 9.45. The van der Waals surface area contributed by atoms with Crippen molar-refractivity contribution in [2.24, 2.45) is 0 Å². The lowest BCUT2D eigenvalue weighted by Crippen LogP contribution is -2.31. The third kappa shape index (κ3) is 4.87. The van der Waals surface area contributed by atoms with E-state index in [4.69, 9.17) is 16.0 Å². The van der Waals surface area contributed by atoms with E-state index in [1.807, 2.05) is 19.0 Å². The fraction of sp³-hybridized carbons (Fsp3) is 0.227. The number of nitrogens with one attached hydrogen (secondary N) is 1. The maximum atomic E-state index is 13.2. The number of carbonyl (C=O) groups is 2. The molecule has 2 aromatic carbocycles. The lowest BCUT2D eigenvalue weighted by molar-refractivity contribution is 0.0912. The molecule has 0 spiro atoms. The number of halogens is 1. The summed E-state index contributed by atoms with van der Waals surface area (Å²) in [5.41, 5.74) is -1.19. The number of amides is 1. The zero-order valence-corrected chi connectivity index (χ0v) is 17.7. The Morgan fingerprint density at radius 2 is 1.84 bits per heavy atom. The molecule has 0 radical (unpaired) electrons. The molecule has 0 saturated heterocycles. The second-order valence-corrected chi connectivity index (χ2v) is 7.66. The first kappa shape index (κ1) is 22.3. The molecule has 0 aliphatic carbocycles. The van der Waals surface area contributed by atoms with Crippen LogP contribution in [0.1, 0.15) is 32.9 Å². The van der Waals surface area contributed by atoms with E-state index in [-0.39, 0.29) is 21.6 Å². The van der Waals surface area contributed by atoms with Gasteiger partial charge in [-0.3, -0.25) is 14.4 Å². The Morgan fingerprint density at radius 3 is 2.52 bits per heavy atom. The quantitative estimate of drug-likeness (QED) is 0.291. The monoisotopic (exact) mass is 444 g/mol. The van der Waals surface area contributed by atoms with Crippen molar-refractivity contribution in [3.05, 3.63) is 68.5 Å². The highest BCUT2D eigenvalue weighted by atomic mass is 35.5. The number of hydrogen-bond donors (Lipinski definition) is 3. The number of aromatic hydroxyl groups is 2. The zero-order chi connectivity index (χ0) is 22.7. The summed E-state index contributed by atoms with van der Waals surface area (Å²) in [6, 6.07) is 7.67. The predicted octanol–water partition coefficient (Wildman–Crippen LogP) is 2.77. The topological polar surface area (TPSA) is 120 Å². The molecule has 3 aromatic rings. The number of carbonyl (C=O) groups excluding carboxylic acids is 2. The molecule has 31 heavy (non-hydrogen) atoms. The maximum absolute atomic E-state index is 13.2. The van der Waals surface area contributed by atoms with Gasteiger partial charge in [-0.25, -0.2) is 0 Å². The van der Waals surface area contributed by atoms with Crippen LogP contribution in [-0.4, -0.2) is 54.0 Å². The van der Waals surface area contributed by atoms with E-state index in [0.29, 0.717) is 13.0 Å². The molecular formula is C22H21ClN2O6. The van der Waals surface area contributed by atoms with Gasteiger partial charge in [0, 0.05) is 17.1 Å². The molecule has 1 amide bonds. The van der Waals surface area contributed by atoms with Gasteiger partial charge >= 0.3 is 0 Å². The van der Waals surface area contributed by atoms with Crippen LogP contribution in [0.25, 0.3) is 11.0 Å². The molecule has 0 atom stereocenters. The lowest BCUT2D eigenvalue weighted by atomic mass is 9.99. The minimum absolute atomic E-state index is 0.0445. The van der Waals surface area contributed by atoms with E-state index in [9.17, 15) is 24.6 Å². The molecule has 3 rings (SSSR count). The Morgan fingerprint density at radius 1 is 1.10 bits per heavy atom. The molecule has 1 heterocycles. The summed E-state index contributed by atoms with van der Waals surface area (Å²) in [5.74, 6) is -2.92. The highest BCUT2D eigenvalue weighted by Crippen LogP contribution is 2.27. The Balaban J connectivity index is 2.10. The van der Waals surface area contributed by atoms with E-state index in [2.05, 4.69) is 5.32 Å². The second kappa shape index (κ2) is 9.20. The van der Waals surface area contributed by atoms with Crippen molar-refractivity contribution in [3.63, 3.8) is 0 Å². The molecule has 8 nitrogen and oxygen atoms in total. The number of rotatable bonds is 7. The number of fused-ring (bicyclic) bond motifs is 1. The van der Waals surface area contributed by atoms with Crippen LogP contribution in [0.5, 0.6) is 11.5 Å². The average molecular weight is 445 g/mol. The van der Waals surface area contributed by atoms with Gasteiger partial charge in [-0.05, 0) is 63.5 Å². The van der Waals surface area contributed by atoms with E-state index >= 15 is 0 Å². The Labute approximate surface area is 182 Å². The van der Waals surface area contributed by atoms with Crippen molar-refractivity contribution in [2.45, 2.75) is 6.42 Å². The Hall–Kier alpha value is -3.36. The highest BCUT2D eigenvalue weighted by Gasteiger charge is 2.27. The minimum Gasteiger partial charge on any atom is -0.504 e. The molecule has 0 unspecified atom stereocenters. The molecule has 0 aliphatic heterocycles. The first-order chi connectivity index (χ1) is 14.7. The van der Waals surface area contributed by atoms with E-state index in [1.54, 1.807) is 0 Å². The summed E-state index contributed by atoms with van der Waals surface area (Å²) >= 11 is 5.98.